The van der Waals surface area contributed by atoms with Crippen molar-refractivity contribution in [3.05, 3.63) is 102 Å². The molecule has 1 saturated heterocycles. The van der Waals surface area contributed by atoms with E-state index in [1.165, 1.54) is 62.6 Å². The van der Waals surface area contributed by atoms with Gasteiger partial charge in [0, 0.05) is 36.8 Å². The molecule has 4 aromatic rings. The lowest BCUT2D eigenvalue weighted by molar-refractivity contribution is 0.112. The van der Waals surface area contributed by atoms with Gasteiger partial charge in [-0.15, -0.1) is 0 Å². The maximum Gasteiger partial charge on any atom is 0.264 e. The largest absolute Gasteiger partial charge is 0.305 e. The number of rotatable bonds is 6. The van der Waals surface area contributed by atoms with Gasteiger partial charge in [-0.3, -0.25) is 19.4 Å². The zero-order valence-electron chi connectivity index (χ0n) is 21.3. The molecule has 9 heteroatoms. The van der Waals surface area contributed by atoms with E-state index < -0.39 is 15.8 Å². The van der Waals surface area contributed by atoms with Crippen LogP contribution in [0.3, 0.4) is 0 Å². The number of nitrogens with zero attached hydrogens (tertiary/aromatic N) is 3. The van der Waals surface area contributed by atoms with E-state index in [1.54, 1.807) is 24.3 Å². The second-order valence-electron chi connectivity index (χ2n) is 9.21. The first-order valence-electron chi connectivity index (χ1n) is 12.4. The van der Waals surface area contributed by atoms with Crippen LogP contribution in [0.15, 0.2) is 90.0 Å². The van der Waals surface area contributed by atoms with Crippen molar-refractivity contribution in [2.45, 2.75) is 17.9 Å². The third-order valence-corrected chi connectivity index (χ3v) is 7.72. The molecule has 1 fully saturated rings. The Bertz CT molecular complexity index is 1480. The van der Waals surface area contributed by atoms with E-state index in [2.05, 4.69) is 56.9 Å². The molecule has 0 bridgehead atoms. The number of fused-ring (bicyclic) bond motifs is 1. The van der Waals surface area contributed by atoms with Gasteiger partial charge >= 0.3 is 0 Å². The van der Waals surface area contributed by atoms with Crippen LogP contribution in [0.1, 0.15) is 22.3 Å². The zero-order chi connectivity index (χ0) is 27.0. The summed E-state index contributed by atoms with van der Waals surface area (Å²) in [5.41, 5.74) is 1.62. The van der Waals surface area contributed by atoms with Gasteiger partial charge in [0.15, 0.2) is 0 Å². The number of aromatic nitrogens is 1. The number of para-hydroxylation sites is 1. The number of carbonyl (C=O) groups is 1. The van der Waals surface area contributed by atoms with Crippen molar-refractivity contribution >= 4 is 32.9 Å². The normalized spacial score (nSPS) is 14.8. The van der Waals surface area contributed by atoms with Crippen molar-refractivity contribution < 1.29 is 17.6 Å². The van der Waals surface area contributed by atoms with Crippen molar-refractivity contribution in [1.29, 1.82) is 0 Å². The van der Waals surface area contributed by atoms with Crippen LogP contribution in [0.25, 0.3) is 10.9 Å². The molecule has 0 radical (unpaired) electrons. The van der Waals surface area contributed by atoms with E-state index in [1.807, 2.05) is 0 Å². The van der Waals surface area contributed by atoms with Gasteiger partial charge in [-0.25, -0.2) is 12.8 Å². The molecule has 198 valence electrons. The monoisotopic (exact) mass is 534 g/mol. The lowest BCUT2D eigenvalue weighted by atomic mass is 10.2. The SMILES string of the molecule is CN1CCCN(Cc2ccccc2)CC1.O=Cc1ccc(NS(=O)(=O)c2cccc3cccnc23)c(F)c1. The van der Waals surface area contributed by atoms with Crippen LogP contribution in [-0.2, 0) is 16.6 Å². The van der Waals surface area contributed by atoms with Crippen molar-refractivity contribution in [3.63, 3.8) is 0 Å². The van der Waals surface area contributed by atoms with E-state index >= 15 is 0 Å². The molecule has 1 aliphatic rings. The van der Waals surface area contributed by atoms with Crippen LogP contribution in [-0.4, -0.2) is 62.7 Å². The average molecular weight is 535 g/mol. The smallest absolute Gasteiger partial charge is 0.264 e. The fraction of sp³-hybridized carbons (Fsp3) is 0.241. The molecule has 0 unspecified atom stereocenters. The van der Waals surface area contributed by atoms with Crippen LogP contribution in [0.5, 0.6) is 0 Å². The van der Waals surface area contributed by atoms with Crippen molar-refractivity contribution in [1.82, 2.24) is 14.8 Å². The molecule has 3 aromatic carbocycles. The van der Waals surface area contributed by atoms with E-state index in [-0.39, 0.29) is 16.1 Å². The minimum absolute atomic E-state index is 0.0468. The first kappa shape index (κ1) is 27.4. The van der Waals surface area contributed by atoms with Gasteiger partial charge in [-0.05, 0) is 62.5 Å². The summed E-state index contributed by atoms with van der Waals surface area (Å²) >= 11 is 0. The molecule has 0 amide bonds. The summed E-state index contributed by atoms with van der Waals surface area (Å²) in [7, 11) is -1.81. The summed E-state index contributed by atoms with van der Waals surface area (Å²) in [5.74, 6) is -0.827. The van der Waals surface area contributed by atoms with Gasteiger partial charge in [0.1, 0.15) is 17.0 Å². The number of anilines is 1. The van der Waals surface area contributed by atoms with Gasteiger partial charge < -0.3 is 4.90 Å². The number of likely N-dealkylation sites (N-methyl/N-ethyl adjacent to an activating group) is 1. The lowest BCUT2D eigenvalue weighted by Gasteiger charge is -2.19. The Morgan fingerprint density at radius 3 is 2.50 bits per heavy atom. The number of nitrogens with one attached hydrogen (secondary N) is 1. The lowest BCUT2D eigenvalue weighted by Crippen LogP contribution is -2.28. The topological polar surface area (TPSA) is 82.6 Å². The number of pyridine rings is 1. The van der Waals surface area contributed by atoms with Gasteiger partial charge in [0.2, 0.25) is 0 Å². The highest BCUT2D eigenvalue weighted by Crippen LogP contribution is 2.24. The minimum atomic E-state index is -4.02. The average Bonchev–Trinajstić information content (AvgIpc) is 3.14. The third-order valence-electron chi connectivity index (χ3n) is 6.32. The van der Waals surface area contributed by atoms with Crippen molar-refractivity contribution in [3.8, 4) is 0 Å². The summed E-state index contributed by atoms with van der Waals surface area (Å²) < 4.78 is 41.2. The summed E-state index contributed by atoms with van der Waals surface area (Å²) in [6.07, 6.45) is 3.26. The molecule has 1 aliphatic heterocycles. The summed E-state index contributed by atoms with van der Waals surface area (Å²) in [5, 5.41) is 0.659. The molecule has 0 saturated carbocycles. The Morgan fingerprint density at radius 2 is 1.74 bits per heavy atom. The number of halogens is 1. The van der Waals surface area contributed by atoms with Crippen molar-refractivity contribution in [2.75, 3.05) is 37.9 Å². The minimum Gasteiger partial charge on any atom is -0.305 e. The highest BCUT2D eigenvalue weighted by Gasteiger charge is 2.20. The van der Waals surface area contributed by atoms with Crippen LogP contribution in [0, 0.1) is 5.82 Å². The van der Waals surface area contributed by atoms with Crippen LogP contribution in [0.4, 0.5) is 10.1 Å². The second-order valence-corrected chi connectivity index (χ2v) is 10.9. The van der Waals surface area contributed by atoms with Gasteiger partial charge in [0.25, 0.3) is 10.0 Å². The predicted octanol–water partition coefficient (Wildman–Crippen LogP) is 4.81. The Morgan fingerprint density at radius 1 is 0.947 bits per heavy atom. The third kappa shape index (κ3) is 7.22. The Balaban J connectivity index is 0.000000194. The number of hydrogen-bond acceptors (Lipinski definition) is 6. The highest BCUT2D eigenvalue weighted by molar-refractivity contribution is 7.93. The number of carbonyl (C=O) groups excluding carboxylic acids is 1. The van der Waals surface area contributed by atoms with Crippen LogP contribution >= 0.6 is 0 Å². The highest BCUT2D eigenvalue weighted by atomic mass is 32.2. The van der Waals surface area contributed by atoms with Gasteiger partial charge in [-0.2, -0.15) is 0 Å². The summed E-state index contributed by atoms with van der Waals surface area (Å²) in [6.45, 7) is 5.98. The Hall–Kier alpha value is -3.66. The molecule has 5 rings (SSSR count). The predicted molar refractivity (Wildman–Crippen MR) is 148 cm³/mol. The fourth-order valence-corrected chi connectivity index (χ4v) is 5.53. The molecule has 7 nitrogen and oxygen atoms in total. The summed E-state index contributed by atoms with van der Waals surface area (Å²) in [6, 6.07) is 22.4. The zero-order valence-corrected chi connectivity index (χ0v) is 22.1. The van der Waals surface area contributed by atoms with E-state index in [0.717, 1.165) is 12.6 Å². The number of sulfonamides is 1. The van der Waals surface area contributed by atoms with E-state index in [9.17, 15) is 17.6 Å². The van der Waals surface area contributed by atoms with E-state index in [4.69, 9.17) is 0 Å². The molecule has 0 aliphatic carbocycles. The quantitative estimate of drug-likeness (QED) is 0.358. The fourth-order valence-electron chi connectivity index (χ4n) is 4.28. The van der Waals surface area contributed by atoms with Gasteiger partial charge in [-0.1, -0.05) is 48.5 Å². The van der Waals surface area contributed by atoms with Gasteiger partial charge in [0.05, 0.1) is 11.2 Å². The number of hydrogen-bond donors (Lipinski definition) is 1. The maximum absolute atomic E-state index is 13.9. The van der Waals surface area contributed by atoms with E-state index in [0.29, 0.717) is 17.2 Å². The number of aldehydes is 1. The maximum atomic E-state index is 13.9. The Labute approximate surface area is 223 Å². The first-order chi connectivity index (χ1) is 18.4. The van der Waals surface area contributed by atoms with Crippen LogP contribution in [0.2, 0.25) is 0 Å². The summed E-state index contributed by atoms with van der Waals surface area (Å²) in [4.78, 5) is 19.6. The van der Waals surface area contributed by atoms with Crippen molar-refractivity contribution in [2.24, 2.45) is 0 Å². The molecular weight excluding hydrogens is 503 g/mol. The molecular formula is C29H31FN4O3S. The first-order valence-corrected chi connectivity index (χ1v) is 13.9. The molecule has 0 spiro atoms. The second kappa shape index (κ2) is 12.7. The molecule has 38 heavy (non-hydrogen) atoms. The molecule has 0 atom stereocenters. The van der Waals surface area contributed by atoms with Crippen LogP contribution < -0.4 is 4.72 Å². The Kier molecular flexibility index (Phi) is 9.17. The molecule has 1 N–H and O–H groups in total. The molecule has 2 heterocycles. The standard InChI is InChI=1S/C16H11FN2O3S.C13H20N2/c17-13-9-11(10-20)6-7-14(13)19-23(21,22)15-5-1-3-12-4-2-8-18-16(12)15;1-14-8-5-9-15(11-10-14)12-13-6-3-2-4-7-13/h1-10,19H;2-4,6-7H,5,8-12H2,1H3. The molecule has 1 aromatic heterocycles. The number of benzene rings is 3.